The van der Waals surface area contributed by atoms with E-state index in [1.807, 2.05) is 6.92 Å². The maximum atomic E-state index is 5.30. The predicted molar refractivity (Wildman–Crippen MR) is 112 cm³/mol. The molecule has 0 aliphatic rings. The van der Waals surface area contributed by atoms with Crippen LogP contribution >= 0.6 is 24.4 Å². The van der Waals surface area contributed by atoms with E-state index in [9.17, 15) is 0 Å². The number of aryl methyl sites for hydroxylation is 2. The number of anilines is 1. The van der Waals surface area contributed by atoms with E-state index in [1.165, 1.54) is 18.4 Å². The molecule has 4 nitrogen and oxygen atoms in total. The quantitative estimate of drug-likeness (QED) is 0.447. The predicted octanol–water partition coefficient (Wildman–Crippen LogP) is 4.18. The van der Waals surface area contributed by atoms with Crippen molar-refractivity contribution in [3.05, 3.63) is 29.3 Å². The Balaban J connectivity index is 2.30. The lowest BCUT2D eigenvalue weighted by molar-refractivity contribution is 0.492. The van der Waals surface area contributed by atoms with E-state index in [0.717, 1.165) is 23.6 Å². The maximum Gasteiger partial charge on any atom is 0.189 e. The summed E-state index contributed by atoms with van der Waals surface area (Å²) in [5.74, 6) is 0.748. The summed E-state index contributed by atoms with van der Waals surface area (Å²) in [4.78, 5) is 0. The lowest BCUT2D eigenvalue weighted by Crippen LogP contribution is -2.50. The monoisotopic (exact) mass is 366 g/mol. The summed E-state index contributed by atoms with van der Waals surface area (Å²) < 4.78 is 0. The highest BCUT2D eigenvalue weighted by molar-refractivity contribution is 7.80. The zero-order chi connectivity index (χ0) is 18.1. The molecule has 0 unspecified atom stereocenters. The molecule has 6 heteroatoms. The Morgan fingerprint density at radius 2 is 1.67 bits per heavy atom. The third-order valence-electron chi connectivity index (χ3n) is 3.73. The van der Waals surface area contributed by atoms with Gasteiger partial charge < -0.3 is 10.6 Å². The number of nitrogens with one attached hydrogen (secondary N) is 4. The summed E-state index contributed by atoms with van der Waals surface area (Å²) in [6, 6.07) is 6.55. The molecule has 0 fully saturated rings. The molecule has 0 spiro atoms. The first-order valence-corrected chi connectivity index (χ1v) is 9.30. The zero-order valence-electron chi connectivity index (χ0n) is 15.3. The second kappa shape index (κ2) is 10.5. The lowest BCUT2D eigenvalue weighted by atomic mass is 10.0. The number of hydrogen-bond acceptors (Lipinski definition) is 2. The van der Waals surface area contributed by atoms with Gasteiger partial charge in [0.05, 0.1) is 0 Å². The molecule has 4 N–H and O–H groups in total. The number of thiocarbonyl (C=S) groups is 2. The maximum absolute atomic E-state index is 5.30. The normalized spacial score (nSPS) is 11.8. The molecule has 1 aromatic carbocycles. The minimum atomic E-state index is 0.339. The highest BCUT2D eigenvalue weighted by atomic mass is 32.1. The number of hydrazine groups is 1. The SMILES string of the molecule is Cc1ccc(C)c(NC(=S)NNC(=S)N[C@H](C)CCCC(C)C)c1. The zero-order valence-corrected chi connectivity index (χ0v) is 17.0. The summed E-state index contributed by atoms with van der Waals surface area (Å²) in [5, 5.41) is 7.48. The van der Waals surface area contributed by atoms with E-state index in [-0.39, 0.29) is 0 Å². The molecule has 1 aromatic rings. The van der Waals surface area contributed by atoms with Gasteiger partial charge in [-0.25, -0.2) is 0 Å². The smallest absolute Gasteiger partial charge is 0.189 e. The highest BCUT2D eigenvalue weighted by Gasteiger charge is 2.06. The van der Waals surface area contributed by atoms with Gasteiger partial charge in [-0.3, -0.25) is 10.9 Å². The van der Waals surface area contributed by atoms with Crippen LogP contribution in [0.4, 0.5) is 5.69 Å². The lowest BCUT2D eigenvalue weighted by Gasteiger charge is -2.19. The second-order valence-electron chi connectivity index (χ2n) is 6.72. The molecular weight excluding hydrogens is 336 g/mol. The van der Waals surface area contributed by atoms with Crippen molar-refractivity contribution >= 4 is 40.3 Å². The Bertz CT molecular complexity index is 558. The van der Waals surface area contributed by atoms with Crippen LogP contribution in [-0.2, 0) is 0 Å². The summed E-state index contributed by atoms with van der Waals surface area (Å²) in [6.07, 6.45) is 3.55. The van der Waals surface area contributed by atoms with Crippen molar-refractivity contribution in [2.24, 2.45) is 5.92 Å². The van der Waals surface area contributed by atoms with Gasteiger partial charge in [-0.2, -0.15) is 0 Å². The van der Waals surface area contributed by atoms with Crippen molar-refractivity contribution in [3.63, 3.8) is 0 Å². The first-order valence-electron chi connectivity index (χ1n) is 8.48. The first-order chi connectivity index (χ1) is 11.3. The molecular formula is C18H30N4S2. The largest absolute Gasteiger partial charge is 0.359 e. The molecule has 24 heavy (non-hydrogen) atoms. The molecule has 0 aliphatic carbocycles. The minimum Gasteiger partial charge on any atom is -0.359 e. The number of benzene rings is 1. The highest BCUT2D eigenvalue weighted by Crippen LogP contribution is 2.15. The second-order valence-corrected chi connectivity index (χ2v) is 7.54. The van der Waals surface area contributed by atoms with E-state index in [4.69, 9.17) is 24.4 Å². The molecule has 0 bridgehead atoms. The van der Waals surface area contributed by atoms with Gasteiger partial charge in [0, 0.05) is 11.7 Å². The molecule has 134 valence electrons. The number of hydrogen-bond donors (Lipinski definition) is 4. The summed E-state index contributed by atoms with van der Waals surface area (Å²) >= 11 is 10.6. The van der Waals surface area contributed by atoms with Crippen LogP contribution in [0.25, 0.3) is 0 Å². The fraction of sp³-hybridized carbons (Fsp3) is 0.556. The fourth-order valence-electron chi connectivity index (χ4n) is 2.30. The standard InChI is InChI=1S/C18H30N4S2/c1-12(2)7-6-8-15(5)19-17(23)21-22-18(24)20-16-11-13(3)9-10-14(16)4/h9-12,15H,6-8H2,1-5H3,(H2,19,21,23)(H2,20,22,24)/t15-/m1/s1. The van der Waals surface area contributed by atoms with Gasteiger partial charge in [0.25, 0.3) is 0 Å². The van der Waals surface area contributed by atoms with E-state index in [2.05, 4.69) is 67.4 Å². The molecule has 1 atom stereocenters. The Kier molecular flexibility index (Phi) is 9.00. The summed E-state index contributed by atoms with van der Waals surface area (Å²) in [5.41, 5.74) is 9.18. The Hall–Kier alpha value is -1.40. The molecule has 0 heterocycles. The van der Waals surface area contributed by atoms with Crippen LogP contribution in [0.3, 0.4) is 0 Å². The first kappa shape index (κ1) is 20.6. The summed E-state index contributed by atoms with van der Waals surface area (Å²) in [6.45, 7) is 10.7. The average molecular weight is 367 g/mol. The third-order valence-corrected chi connectivity index (χ3v) is 4.15. The van der Waals surface area contributed by atoms with E-state index < -0.39 is 0 Å². The molecule has 0 aliphatic heterocycles. The van der Waals surface area contributed by atoms with E-state index in [1.54, 1.807) is 0 Å². The van der Waals surface area contributed by atoms with Crippen LogP contribution in [0, 0.1) is 19.8 Å². The van der Waals surface area contributed by atoms with Gasteiger partial charge in [-0.1, -0.05) is 38.8 Å². The van der Waals surface area contributed by atoms with Crippen molar-refractivity contribution in [1.82, 2.24) is 16.2 Å². The van der Waals surface area contributed by atoms with Crippen LogP contribution in [0.2, 0.25) is 0 Å². The van der Waals surface area contributed by atoms with Gasteiger partial charge in [0.1, 0.15) is 0 Å². The summed E-state index contributed by atoms with van der Waals surface area (Å²) in [7, 11) is 0. The van der Waals surface area contributed by atoms with Gasteiger partial charge in [0.15, 0.2) is 10.2 Å². The van der Waals surface area contributed by atoms with Crippen LogP contribution in [-0.4, -0.2) is 16.3 Å². The van der Waals surface area contributed by atoms with Crippen LogP contribution in [0.5, 0.6) is 0 Å². The van der Waals surface area contributed by atoms with E-state index >= 15 is 0 Å². The topological polar surface area (TPSA) is 48.1 Å². The molecule has 0 amide bonds. The molecule has 0 radical (unpaired) electrons. The average Bonchev–Trinajstić information content (AvgIpc) is 2.48. The number of rotatable bonds is 6. The Morgan fingerprint density at radius 3 is 2.33 bits per heavy atom. The minimum absolute atomic E-state index is 0.339. The van der Waals surface area contributed by atoms with Gasteiger partial charge >= 0.3 is 0 Å². The van der Waals surface area contributed by atoms with Crippen molar-refractivity contribution in [2.45, 2.75) is 59.9 Å². The van der Waals surface area contributed by atoms with Crippen molar-refractivity contribution < 1.29 is 0 Å². The van der Waals surface area contributed by atoms with Crippen LogP contribution in [0.15, 0.2) is 18.2 Å². The van der Waals surface area contributed by atoms with Crippen molar-refractivity contribution in [3.8, 4) is 0 Å². The molecule has 0 saturated carbocycles. The van der Waals surface area contributed by atoms with Crippen molar-refractivity contribution in [2.75, 3.05) is 5.32 Å². The Labute approximate surface area is 157 Å². The van der Waals surface area contributed by atoms with Crippen LogP contribution < -0.4 is 21.5 Å². The molecule has 0 aromatic heterocycles. The van der Waals surface area contributed by atoms with Gasteiger partial charge in [-0.05, 0) is 74.7 Å². The van der Waals surface area contributed by atoms with Crippen molar-refractivity contribution in [1.29, 1.82) is 0 Å². The Morgan fingerprint density at radius 1 is 1.00 bits per heavy atom. The molecule has 0 saturated heterocycles. The third kappa shape index (κ3) is 8.45. The fourth-order valence-corrected chi connectivity index (χ4v) is 2.72. The van der Waals surface area contributed by atoms with Gasteiger partial charge in [0.2, 0.25) is 0 Å². The van der Waals surface area contributed by atoms with Gasteiger partial charge in [-0.15, -0.1) is 0 Å². The van der Waals surface area contributed by atoms with Crippen LogP contribution in [0.1, 0.15) is 51.2 Å². The molecule has 1 rings (SSSR count). The van der Waals surface area contributed by atoms with E-state index in [0.29, 0.717) is 16.3 Å².